The molecule has 2 rings (SSSR count). The van der Waals surface area contributed by atoms with Crippen molar-refractivity contribution in [2.75, 3.05) is 5.32 Å². The van der Waals surface area contributed by atoms with Crippen LogP contribution in [0, 0.1) is 0 Å². The van der Waals surface area contributed by atoms with E-state index >= 15 is 0 Å². The van der Waals surface area contributed by atoms with Crippen molar-refractivity contribution < 1.29 is 4.42 Å². The van der Waals surface area contributed by atoms with Gasteiger partial charge in [0.1, 0.15) is 22.9 Å². The average Bonchev–Trinajstić information content (AvgIpc) is 2.74. The summed E-state index contributed by atoms with van der Waals surface area (Å²) in [6.07, 6.45) is 4.63. The van der Waals surface area contributed by atoms with Gasteiger partial charge in [-0.15, -0.1) is 0 Å². The van der Waals surface area contributed by atoms with Gasteiger partial charge in [-0.2, -0.15) is 0 Å². The molecule has 0 aliphatic carbocycles. The monoisotopic (exact) mass is 223 g/mol. The van der Waals surface area contributed by atoms with E-state index in [9.17, 15) is 0 Å². The number of hydrogen-bond donors (Lipinski definition) is 1. The lowest BCUT2D eigenvalue weighted by molar-refractivity contribution is 0.490. The average molecular weight is 224 g/mol. The number of aromatic nitrogens is 2. The normalized spacial score (nSPS) is 12.4. The van der Waals surface area contributed by atoms with E-state index in [1.54, 1.807) is 12.5 Å². The lowest BCUT2D eigenvalue weighted by Gasteiger charge is -2.12. The third-order valence-electron chi connectivity index (χ3n) is 1.99. The second-order valence-electron chi connectivity index (χ2n) is 3.10. The summed E-state index contributed by atoms with van der Waals surface area (Å²) in [5.41, 5.74) is 0. The minimum Gasteiger partial charge on any atom is -0.467 e. The summed E-state index contributed by atoms with van der Waals surface area (Å²) >= 11 is 5.91. The van der Waals surface area contributed by atoms with Crippen LogP contribution < -0.4 is 5.32 Å². The molecule has 0 aliphatic rings. The molecule has 0 radical (unpaired) electrons. The first-order valence-corrected chi connectivity index (χ1v) is 4.90. The predicted molar refractivity (Wildman–Crippen MR) is 57.8 cm³/mol. The van der Waals surface area contributed by atoms with Crippen LogP contribution in [0.4, 0.5) is 5.82 Å². The zero-order valence-corrected chi connectivity index (χ0v) is 8.90. The van der Waals surface area contributed by atoms with Gasteiger partial charge in [-0.05, 0) is 19.1 Å². The number of nitrogens with one attached hydrogen (secondary N) is 1. The fourth-order valence-corrected chi connectivity index (χ4v) is 1.39. The van der Waals surface area contributed by atoms with Crippen LogP contribution in [-0.2, 0) is 0 Å². The second-order valence-corrected chi connectivity index (χ2v) is 3.51. The van der Waals surface area contributed by atoms with E-state index in [1.807, 2.05) is 19.1 Å². The van der Waals surface area contributed by atoms with E-state index < -0.39 is 0 Å². The number of furan rings is 1. The van der Waals surface area contributed by atoms with Crippen molar-refractivity contribution in [1.29, 1.82) is 0 Å². The number of anilines is 1. The molecule has 78 valence electrons. The summed E-state index contributed by atoms with van der Waals surface area (Å²) in [7, 11) is 0. The summed E-state index contributed by atoms with van der Waals surface area (Å²) in [6, 6.07) is 3.76. The summed E-state index contributed by atoms with van der Waals surface area (Å²) in [5.74, 6) is 1.44. The quantitative estimate of drug-likeness (QED) is 0.869. The fourth-order valence-electron chi connectivity index (χ4n) is 1.23. The maximum absolute atomic E-state index is 5.91. The van der Waals surface area contributed by atoms with Gasteiger partial charge in [0.15, 0.2) is 0 Å². The minimum atomic E-state index is 0.0207. The highest BCUT2D eigenvalue weighted by Gasteiger charge is 2.10. The van der Waals surface area contributed by atoms with Gasteiger partial charge in [0.05, 0.1) is 18.5 Å². The fraction of sp³-hybridized carbons (Fsp3) is 0.200. The molecule has 0 aromatic carbocycles. The minimum absolute atomic E-state index is 0.0207. The van der Waals surface area contributed by atoms with Gasteiger partial charge < -0.3 is 9.73 Å². The Bertz CT molecular complexity index is 430. The van der Waals surface area contributed by atoms with Crippen LogP contribution in [0.1, 0.15) is 18.7 Å². The summed E-state index contributed by atoms with van der Waals surface area (Å²) < 4.78 is 5.26. The Kier molecular flexibility index (Phi) is 2.87. The van der Waals surface area contributed by atoms with Gasteiger partial charge in [0.2, 0.25) is 0 Å². The molecule has 0 saturated heterocycles. The Balaban J connectivity index is 2.13. The van der Waals surface area contributed by atoms with E-state index in [0.29, 0.717) is 10.8 Å². The van der Waals surface area contributed by atoms with E-state index in [1.165, 1.54) is 6.33 Å². The molecule has 15 heavy (non-hydrogen) atoms. The molecule has 1 atom stereocenters. The van der Waals surface area contributed by atoms with Crippen LogP contribution in [-0.4, -0.2) is 9.97 Å². The van der Waals surface area contributed by atoms with Crippen molar-refractivity contribution >= 4 is 17.4 Å². The maximum atomic E-state index is 5.91. The number of nitrogens with zero attached hydrogens (tertiary/aromatic N) is 2. The first-order chi connectivity index (χ1) is 7.27. The summed E-state index contributed by atoms with van der Waals surface area (Å²) in [4.78, 5) is 7.84. The van der Waals surface area contributed by atoms with E-state index in [2.05, 4.69) is 15.3 Å². The predicted octanol–water partition coefficient (Wildman–Crippen LogP) is 2.90. The lowest BCUT2D eigenvalue weighted by Crippen LogP contribution is -2.07. The molecule has 1 unspecified atom stereocenters. The lowest BCUT2D eigenvalue weighted by atomic mass is 10.2. The van der Waals surface area contributed by atoms with E-state index in [0.717, 1.165) is 5.76 Å². The van der Waals surface area contributed by atoms with Crippen LogP contribution in [0.25, 0.3) is 0 Å². The molecular formula is C10H10ClN3O. The van der Waals surface area contributed by atoms with Crippen molar-refractivity contribution in [1.82, 2.24) is 9.97 Å². The molecule has 4 nitrogen and oxygen atoms in total. The molecule has 0 bridgehead atoms. The van der Waals surface area contributed by atoms with Crippen LogP contribution >= 0.6 is 11.6 Å². The van der Waals surface area contributed by atoms with E-state index in [4.69, 9.17) is 16.0 Å². The van der Waals surface area contributed by atoms with Crippen LogP contribution in [0.3, 0.4) is 0 Å². The Morgan fingerprint density at radius 1 is 1.53 bits per heavy atom. The molecule has 0 amide bonds. The smallest absolute Gasteiger partial charge is 0.148 e. The summed E-state index contributed by atoms with van der Waals surface area (Å²) in [5, 5.41) is 3.63. The van der Waals surface area contributed by atoms with Crippen LogP contribution in [0.5, 0.6) is 0 Å². The Labute approximate surface area is 92.3 Å². The van der Waals surface area contributed by atoms with Gasteiger partial charge in [-0.3, -0.25) is 0 Å². The van der Waals surface area contributed by atoms with Gasteiger partial charge >= 0.3 is 0 Å². The molecule has 2 aromatic heterocycles. The molecule has 0 fully saturated rings. The zero-order valence-electron chi connectivity index (χ0n) is 8.14. The highest BCUT2D eigenvalue weighted by atomic mass is 35.5. The molecule has 2 heterocycles. The Hall–Kier alpha value is -1.55. The largest absolute Gasteiger partial charge is 0.467 e. The van der Waals surface area contributed by atoms with Crippen LogP contribution in [0.2, 0.25) is 5.02 Å². The van der Waals surface area contributed by atoms with Crippen molar-refractivity contribution in [2.24, 2.45) is 0 Å². The second kappa shape index (κ2) is 4.31. The first-order valence-electron chi connectivity index (χ1n) is 4.53. The van der Waals surface area contributed by atoms with Gasteiger partial charge in [-0.1, -0.05) is 11.6 Å². The van der Waals surface area contributed by atoms with Gasteiger partial charge in [-0.25, -0.2) is 9.97 Å². The zero-order chi connectivity index (χ0) is 10.7. The van der Waals surface area contributed by atoms with Crippen LogP contribution in [0.15, 0.2) is 35.3 Å². The SMILES string of the molecule is CC(Nc1ncncc1Cl)c1ccco1. The molecule has 1 N–H and O–H groups in total. The number of halogens is 1. The van der Waals surface area contributed by atoms with Gasteiger partial charge in [0, 0.05) is 0 Å². The van der Waals surface area contributed by atoms with Crippen molar-refractivity contribution in [3.05, 3.63) is 41.7 Å². The van der Waals surface area contributed by atoms with Gasteiger partial charge in [0.25, 0.3) is 0 Å². The Morgan fingerprint density at radius 3 is 3.07 bits per heavy atom. The first kappa shape index (κ1) is 9.98. The summed E-state index contributed by atoms with van der Waals surface area (Å²) in [6.45, 7) is 1.97. The highest BCUT2D eigenvalue weighted by Crippen LogP contribution is 2.22. The molecule has 0 spiro atoms. The molecular weight excluding hydrogens is 214 g/mol. The number of rotatable bonds is 3. The van der Waals surface area contributed by atoms with Crippen molar-refractivity contribution in [3.63, 3.8) is 0 Å². The molecule has 0 aliphatic heterocycles. The standard InChI is InChI=1S/C10H10ClN3O/c1-7(9-3-2-4-15-9)14-10-8(11)5-12-6-13-10/h2-7H,1H3,(H,12,13,14). The van der Waals surface area contributed by atoms with Crippen molar-refractivity contribution in [2.45, 2.75) is 13.0 Å². The molecule has 5 heteroatoms. The van der Waals surface area contributed by atoms with Crippen molar-refractivity contribution in [3.8, 4) is 0 Å². The topological polar surface area (TPSA) is 51.0 Å². The number of hydrogen-bond acceptors (Lipinski definition) is 4. The maximum Gasteiger partial charge on any atom is 0.148 e. The third-order valence-corrected chi connectivity index (χ3v) is 2.27. The highest BCUT2D eigenvalue weighted by molar-refractivity contribution is 6.32. The third kappa shape index (κ3) is 2.27. The van der Waals surface area contributed by atoms with E-state index in [-0.39, 0.29) is 6.04 Å². The molecule has 0 saturated carbocycles. The molecule has 2 aromatic rings. The Morgan fingerprint density at radius 2 is 2.40 bits per heavy atom.